The van der Waals surface area contributed by atoms with E-state index in [1.807, 2.05) is 0 Å². The SMILES string of the molecule is C[C@]12C=CC(=O)C=C1[C@@H](F)C[C@H]1[C@@H]3C[C@H]4O[C@@H](c5ccc(CC67CC(NC(=O)[C@H](CCC(=O)O)NC(=O)CNC(=O)CBr)(C6)C7)cc5F)O[C@@]4(C(=O)CO)[C@@]3(C)C[C@H](O)[C@@]12F. The van der Waals surface area contributed by atoms with Crippen molar-refractivity contribution in [2.45, 2.75) is 119 Å². The molecule has 1 aromatic rings. The highest BCUT2D eigenvalue weighted by molar-refractivity contribution is 9.09. The topological polar surface area (TPSA) is 218 Å². The standard InChI is InChI=1S/C43H49BrF3N3O11/c1-38-8-7-22(52)10-26(38)28(46)11-25-24-12-32-43(31(54)17-51,39(24,2)14-30(53)42(25,38)47)61-37(60-32)23-4-3-21(9-27(23)45)13-40-18-41(19-40,20-40)50-36(59)29(5-6-35(57)58)49-34(56)16-48-33(55)15-44/h3-4,7-10,24-25,28-30,32,37,51,53H,5-6,11-20H2,1-2H3,(H,48,55)(H,49,56)(H,50,59)(H,57,58)/t24-,25-,28-,29-,30-,32+,37+,38-,39-,40?,41?,42-,43+/m0/s1. The van der Waals surface area contributed by atoms with Crippen molar-refractivity contribution in [2.24, 2.45) is 28.1 Å². The van der Waals surface area contributed by atoms with Crippen LogP contribution in [0.15, 0.2) is 42.0 Å². The van der Waals surface area contributed by atoms with Gasteiger partial charge in [0.05, 0.1) is 24.1 Å². The van der Waals surface area contributed by atoms with E-state index in [0.717, 1.165) is 6.08 Å². The van der Waals surface area contributed by atoms with Crippen molar-refractivity contribution < 1.29 is 66.7 Å². The Morgan fingerprint density at radius 2 is 1.79 bits per heavy atom. The number of carbonyl (C=O) groups is 6. The third-order valence-electron chi connectivity index (χ3n) is 15.2. The highest BCUT2D eigenvalue weighted by Gasteiger charge is 2.80. The van der Waals surface area contributed by atoms with Crippen molar-refractivity contribution in [3.05, 3.63) is 58.9 Å². The van der Waals surface area contributed by atoms with Gasteiger partial charge in [0.15, 0.2) is 29.1 Å². The van der Waals surface area contributed by atoms with Crippen molar-refractivity contribution >= 4 is 51.2 Å². The van der Waals surface area contributed by atoms with Crippen LogP contribution in [0.25, 0.3) is 0 Å². The lowest BCUT2D eigenvalue weighted by molar-refractivity contribution is -0.235. The summed E-state index contributed by atoms with van der Waals surface area (Å²) in [5.41, 5.74) is -7.53. The molecule has 330 valence electrons. The van der Waals surface area contributed by atoms with Crippen LogP contribution in [0.5, 0.6) is 0 Å². The van der Waals surface area contributed by atoms with Gasteiger partial charge in [0.25, 0.3) is 0 Å². The molecule has 1 aromatic carbocycles. The second kappa shape index (κ2) is 15.1. The second-order valence-electron chi connectivity index (χ2n) is 18.8. The van der Waals surface area contributed by atoms with Crippen LogP contribution < -0.4 is 16.0 Å². The Bertz CT molecular complexity index is 2130. The molecule has 9 rings (SSSR count). The van der Waals surface area contributed by atoms with Gasteiger partial charge in [0.1, 0.15) is 24.6 Å². The zero-order valence-electron chi connectivity index (χ0n) is 33.6. The molecule has 0 radical (unpaired) electrons. The van der Waals surface area contributed by atoms with E-state index in [-0.39, 0.29) is 60.5 Å². The first kappa shape index (κ1) is 43.7. The molecule has 0 unspecified atom stereocenters. The summed E-state index contributed by atoms with van der Waals surface area (Å²) in [4.78, 5) is 74.5. The van der Waals surface area contributed by atoms with Crippen LogP contribution in [-0.2, 0) is 44.7 Å². The smallest absolute Gasteiger partial charge is 0.303 e. The molecule has 7 aliphatic carbocycles. The third-order valence-corrected chi connectivity index (χ3v) is 15.7. The predicted molar refractivity (Wildman–Crippen MR) is 210 cm³/mol. The lowest BCUT2D eigenvalue weighted by atomic mass is 9.38. The Balaban J connectivity index is 0.939. The molecule has 6 saturated carbocycles. The number of aliphatic carboxylic acids is 1. The highest BCUT2D eigenvalue weighted by Crippen LogP contribution is 2.73. The van der Waals surface area contributed by atoms with E-state index in [0.29, 0.717) is 31.2 Å². The molecule has 11 atom stereocenters. The Morgan fingerprint density at radius 3 is 2.44 bits per heavy atom. The van der Waals surface area contributed by atoms with E-state index < -0.39 is 118 Å². The quantitative estimate of drug-likeness (QED) is 0.149. The van der Waals surface area contributed by atoms with Crippen LogP contribution in [-0.4, -0.2) is 110 Å². The first-order valence-corrected chi connectivity index (χ1v) is 21.7. The number of carboxylic acids is 1. The minimum Gasteiger partial charge on any atom is -0.481 e. The van der Waals surface area contributed by atoms with Crippen molar-refractivity contribution in [2.75, 3.05) is 18.5 Å². The number of aliphatic hydroxyl groups excluding tert-OH is 2. The third kappa shape index (κ3) is 6.63. The summed E-state index contributed by atoms with van der Waals surface area (Å²) >= 11 is 2.97. The number of aliphatic hydroxyl groups is 2. The van der Waals surface area contributed by atoms with E-state index in [9.17, 15) is 44.1 Å². The predicted octanol–water partition coefficient (Wildman–Crippen LogP) is 2.91. The Morgan fingerprint density at radius 1 is 1.07 bits per heavy atom. The zero-order valence-corrected chi connectivity index (χ0v) is 35.2. The van der Waals surface area contributed by atoms with Gasteiger partial charge in [-0.2, -0.15) is 0 Å². The number of ether oxygens (including phenoxy) is 2. The molecule has 14 nitrogen and oxygen atoms in total. The summed E-state index contributed by atoms with van der Waals surface area (Å²) in [6.45, 7) is 1.76. The van der Waals surface area contributed by atoms with Gasteiger partial charge >= 0.3 is 5.97 Å². The summed E-state index contributed by atoms with van der Waals surface area (Å²) in [5.74, 6) is -6.58. The first-order chi connectivity index (χ1) is 28.7. The normalized spacial score (nSPS) is 40.5. The lowest BCUT2D eigenvalue weighted by Gasteiger charge is -2.71. The number of alkyl halides is 3. The summed E-state index contributed by atoms with van der Waals surface area (Å²) < 4.78 is 62.5. The average molecular weight is 921 g/mol. The molecule has 3 amide bonds. The molecule has 18 heteroatoms. The average Bonchev–Trinajstić information content (AvgIpc) is 3.68. The first-order valence-electron chi connectivity index (χ1n) is 20.6. The summed E-state index contributed by atoms with van der Waals surface area (Å²) in [7, 11) is 0. The van der Waals surface area contributed by atoms with Crippen LogP contribution in [0.4, 0.5) is 13.2 Å². The van der Waals surface area contributed by atoms with Gasteiger partial charge in [0, 0.05) is 34.3 Å². The Hall–Kier alpha value is -3.97. The van der Waals surface area contributed by atoms with E-state index >= 15 is 13.2 Å². The van der Waals surface area contributed by atoms with Crippen molar-refractivity contribution in [3.63, 3.8) is 0 Å². The molecule has 6 N–H and O–H groups in total. The van der Waals surface area contributed by atoms with Gasteiger partial charge in [-0.1, -0.05) is 41.1 Å². The van der Waals surface area contributed by atoms with Crippen LogP contribution >= 0.6 is 15.9 Å². The van der Waals surface area contributed by atoms with Crippen LogP contribution in [0.1, 0.15) is 82.6 Å². The maximum atomic E-state index is 17.7. The molecular formula is C43H49BrF3N3O11. The number of ketones is 2. The molecule has 1 aliphatic heterocycles. The Labute approximate surface area is 357 Å². The van der Waals surface area contributed by atoms with Gasteiger partial charge in [-0.05, 0) is 99.0 Å². The number of amides is 3. The molecule has 0 spiro atoms. The molecule has 7 fully saturated rings. The van der Waals surface area contributed by atoms with Crippen molar-refractivity contribution in [1.82, 2.24) is 16.0 Å². The van der Waals surface area contributed by atoms with Crippen LogP contribution in [0, 0.1) is 33.9 Å². The summed E-state index contributed by atoms with van der Waals surface area (Å²) in [5, 5.41) is 39.0. The van der Waals surface area contributed by atoms with Gasteiger partial charge in [-0.15, -0.1) is 0 Å². The molecular weight excluding hydrogens is 871 g/mol. The molecule has 8 aliphatic rings. The van der Waals surface area contributed by atoms with Crippen molar-refractivity contribution in [3.8, 4) is 0 Å². The number of halogens is 4. The fraction of sp³-hybridized carbons (Fsp3) is 0.628. The number of fused-ring (bicyclic) bond motifs is 7. The number of rotatable bonds is 14. The number of hydrogen-bond donors (Lipinski definition) is 6. The monoisotopic (exact) mass is 919 g/mol. The number of carbonyl (C=O) groups excluding carboxylic acids is 5. The van der Waals surface area contributed by atoms with E-state index in [2.05, 4.69) is 31.9 Å². The van der Waals surface area contributed by atoms with E-state index in [4.69, 9.17) is 9.47 Å². The zero-order chi connectivity index (χ0) is 44.1. The van der Waals surface area contributed by atoms with Crippen LogP contribution in [0.2, 0.25) is 0 Å². The molecule has 1 saturated heterocycles. The second-order valence-corrected chi connectivity index (χ2v) is 19.3. The van der Waals surface area contributed by atoms with Crippen molar-refractivity contribution in [1.29, 1.82) is 0 Å². The maximum Gasteiger partial charge on any atom is 0.303 e. The minimum absolute atomic E-state index is 0.00902. The molecule has 61 heavy (non-hydrogen) atoms. The molecule has 2 bridgehead atoms. The van der Waals surface area contributed by atoms with Gasteiger partial charge < -0.3 is 40.7 Å². The number of nitrogens with one attached hydrogen (secondary N) is 3. The highest BCUT2D eigenvalue weighted by atomic mass is 79.9. The van der Waals surface area contributed by atoms with E-state index in [1.165, 1.54) is 31.2 Å². The van der Waals surface area contributed by atoms with Crippen LogP contribution in [0.3, 0.4) is 0 Å². The molecule has 1 heterocycles. The fourth-order valence-corrected chi connectivity index (χ4v) is 12.9. The minimum atomic E-state index is -2.41. The molecule has 0 aromatic heterocycles. The van der Waals surface area contributed by atoms with Gasteiger partial charge in [-0.3, -0.25) is 28.8 Å². The number of benzene rings is 1. The van der Waals surface area contributed by atoms with Gasteiger partial charge in [0.2, 0.25) is 17.7 Å². The summed E-state index contributed by atoms with van der Waals surface area (Å²) in [6.07, 6.45) is -1.33. The summed E-state index contributed by atoms with van der Waals surface area (Å²) in [6, 6.07) is 3.41. The number of Topliss-reactive ketones (excluding diaryl/α,β-unsaturated/α-hetero) is 1. The lowest BCUT2D eigenvalue weighted by Crippen LogP contribution is -2.76. The maximum absolute atomic E-state index is 17.7. The fourth-order valence-electron chi connectivity index (χ4n) is 12.7. The number of hydrogen-bond acceptors (Lipinski definition) is 10. The number of allylic oxidation sites excluding steroid dienone is 4. The largest absolute Gasteiger partial charge is 0.481 e. The number of carboxylic acid groups (broad SMARTS) is 1. The van der Waals surface area contributed by atoms with E-state index in [1.54, 1.807) is 13.0 Å². The Kier molecular flexibility index (Phi) is 10.8. The van der Waals surface area contributed by atoms with Gasteiger partial charge in [-0.25, -0.2) is 13.2 Å².